The van der Waals surface area contributed by atoms with Crippen molar-refractivity contribution in [1.82, 2.24) is 0 Å². The van der Waals surface area contributed by atoms with E-state index in [1.807, 2.05) is 36.4 Å². The number of unbranched alkanes of at least 4 members (excludes halogenated alkanes) is 34. The summed E-state index contributed by atoms with van der Waals surface area (Å²) < 4.78 is 69.3. The Bertz CT molecular complexity index is 2290. The molecule has 4 aromatic carbocycles. The van der Waals surface area contributed by atoms with E-state index < -0.39 is 20.2 Å². The minimum absolute atomic E-state index is 0. The summed E-state index contributed by atoms with van der Waals surface area (Å²) in [6.45, 7) is 6.05. The summed E-state index contributed by atoms with van der Waals surface area (Å²) in [5.74, 6) is 0. The number of nitrogens with one attached hydrogen (secondary N) is 2. The molecule has 2 unspecified atom stereocenters. The molecule has 2 N–H and O–H groups in total. The summed E-state index contributed by atoms with van der Waals surface area (Å²) in [7, 11) is -8.95. The van der Waals surface area contributed by atoms with Crippen LogP contribution in [0.5, 0.6) is 0 Å². The summed E-state index contributed by atoms with van der Waals surface area (Å²) in [6.07, 6.45) is 51.4. The van der Waals surface area contributed by atoms with E-state index in [0.717, 1.165) is 61.5 Å². The van der Waals surface area contributed by atoms with E-state index in [2.05, 4.69) is 58.5 Å². The van der Waals surface area contributed by atoms with E-state index in [4.69, 9.17) is 0 Å². The molecule has 0 fully saturated rings. The van der Waals surface area contributed by atoms with Gasteiger partial charge < -0.3 is 29.5 Å². The van der Waals surface area contributed by atoms with E-state index >= 15 is 0 Å². The molecule has 0 spiro atoms. The zero-order valence-corrected chi connectivity index (χ0v) is 54.4. The molecule has 2 heterocycles. The molecule has 0 bridgehead atoms. The van der Waals surface area contributed by atoms with Crippen molar-refractivity contribution in [3.05, 3.63) is 108 Å². The van der Waals surface area contributed by atoms with Gasteiger partial charge in [0.15, 0.2) is 0 Å². The molecule has 0 saturated heterocycles. The number of anilines is 4. The molecule has 0 aliphatic carbocycles. The minimum Gasteiger partial charge on any atom is -0.744 e. The molecule has 81 heavy (non-hydrogen) atoms. The van der Waals surface area contributed by atoms with Gasteiger partial charge >= 0.3 is 37.7 Å². The van der Waals surface area contributed by atoms with Crippen molar-refractivity contribution in [2.24, 2.45) is 0 Å². The third kappa shape index (κ3) is 28.7. The largest absolute Gasteiger partial charge is 2.00 e. The second-order valence-corrected chi connectivity index (χ2v) is 26.2. The van der Waals surface area contributed by atoms with Gasteiger partial charge in [-0.15, -0.1) is 0 Å². The van der Waals surface area contributed by atoms with Crippen LogP contribution in [0.3, 0.4) is 0 Å². The van der Waals surface area contributed by atoms with Crippen molar-refractivity contribution in [2.45, 2.75) is 293 Å². The van der Waals surface area contributed by atoms with E-state index in [9.17, 15) is 25.9 Å². The zero-order chi connectivity index (χ0) is 56.9. The molecule has 0 amide bonds. The van der Waals surface area contributed by atoms with Crippen molar-refractivity contribution in [2.75, 3.05) is 20.4 Å². The van der Waals surface area contributed by atoms with Crippen LogP contribution in [0.25, 0.3) is 0 Å². The quantitative estimate of drug-likeness (QED) is 0.0249. The SMILES string of the molecule is CCCCCCCCCCCCCCCCCCCCC1Nc2cc(S(=O)(=O)[O-])ccc2N1Cc1ccccc1.CCCCCCCCCCCCCCCCCCCCC1Nc2cc(S(=O)(=O)[O-])ccc2N1Cc1ccccc1.[Ca+2]. The first kappa shape index (κ1) is 70.6. The zero-order valence-electron chi connectivity index (χ0n) is 50.5. The normalized spacial score (nSPS) is 14.7. The topological polar surface area (TPSA) is 145 Å². The Hall–Kier alpha value is -2.84. The molecule has 2 aliphatic heterocycles. The van der Waals surface area contributed by atoms with Crippen LogP contribution in [0.2, 0.25) is 0 Å². The van der Waals surface area contributed by atoms with Crippen LogP contribution >= 0.6 is 0 Å². The molecule has 2 aliphatic rings. The standard InChI is InChI=1S/2C34H54N2O3S.Ca/c2*1-2-3-4-5-6-7-8-9-10-11-12-13-14-15-16-17-18-22-25-34-35-32-28-31(40(37,38)39)26-27-33(32)36(34)29-30-23-20-19-21-24-30;/h2*19-21,23-24,26-28,34-35H,2-18,22,25,29H2,1H3,(H,37,38,39);/q;;+2/p-2. The van der Waals surface area contributed by atoms with Crippen LogP contribution in [0.4, 0.5) is 22.7 Å². The van der Waals surface area contributed by atoms with E-state index in [1.165, 1.54) is 254 Å². The van der Waals surface area contributed by atoms with Crippen molar-refractivity contribution < 1.29 is 25.9 Å². The second-order valence-electron chi connectivity index (χ2n) is 23.4. The second kappa shape index (κ2) is 42.1. The maximum Gasteiger partial charge on any atom is 2.00 e. The Balaban J connectivity index is 0.000000344. The molecule has 2 atom stereocenters. The van der Waals surface area contributed by atoms with Crippen LogP contribution in [0.1, 0.15) is 269 Å². The van der Waals surface area contributed by atoms with E-state index in [-0.39, 0.29) is 59.9 Å². The van der Waals surface area contributed by atoms with Crippen LogP contribution in [0, 0.1) is 0 Å². The fourth-order valence-corrected chi connectivity index (χ4v) is 12.8. The average Bonchev–Trinajstić information content (AvgIpc) is 4.19. The van der Waals surface area contributed by atoms with Gasteiger partial charge in [0.05, 0.1) is 44.9 Å². The molecule has 10 nitrogen and oxygen atoms in total. The molecular weight excluding hydrogens is 1070 g/mol. The Morgan fingerprint density at radius 2 is 0.605 bits per heavy atom. The van der Waals surface area contributed by atoms with Gasteiger partial charge in [-0.3, -0.25) is 0 Å². The van der Waals surface area contributed by atoms with Crippen LogP contribution in [-0.4, -0.2) is 76.0 Å². The van der Waals surface area contributed by atoms with Crippen molar-refractivity contribution in [1.29, 1.82) is 0 Å². The molecular formula is C68H106CaN4O6S2. The fraction of sp³-hybridized carbons (Fsp3) is 0.647. The number of benzene rings is 4. The Morgan fingerprint density at radius 1 is 0.358 bits per heavy atom. The maximum absolute atomic E-state index is 11.5. The van der Waals surface area contributed by atoms with Crippen LogP contribution in [-0.2, 0) is 33.3 Å². The van der Waals surface area contributed by atoms with Gasteiger partial charge in [0.1, 0.15) is 20.2 Å². The summed E-state index contributed by atoms with van der Waals surface area (Å²) >= 11 is 0. The molecule has 0 radical (unpaired) electrons. The molecule has 6 rings (SSSR count). The maximum atomic E-state index is 11.5. The van der Waals surface area contributed by atoms with Gasteiger partial charge in [0.25, 0.3) is 0 Å². The summed E-state index contributed by atoms with van der Waals surface area (Å²) in [4.78, 5) is 4.26. The van der Waals surface area contributed by atoms with Gasteiger partial charge in [-0.2, -0.15) is 0 Å². The number of hydrogen-bond donors (Lipinski definition) is 2. The minimum atomic E-state index is -4.47. The van der Waals surface area contributed by atoms with Gasteiger partial charge in [-0.25, -0.2) is 16.8 Å². The van der Waals surface area contributed by atoms with E-state index in [0.29, 0.717) is 0 Å². The summed E-state index contributed by atoms with van der Waals surface area (Å²) in [6, 6.07) is 30.0. The van der Waals surface area contributed by atoms with Gasteiger partial charge in [-0.1, -0.05) is 293 Å². The summed E-state index contributed by atoms with van der Waals surface area (Å²) in [5, 5.41) is 6.99. The number of nitrogens with zero attached hydrogens (tertiary/aromatic N) is 2. The number of rotatable bonds is 44. The van der Waals surface area contributed by atoms with Crippen molar-refractivity contribution in [3.8, 4) is 0 Å². The summed E-state index contributed by atoms with van der Waals surface area (Å²) in [5.41, 5.74) is 5.81. The molecule has 0 saturated carbocycles. The third-order valence-corrected chi connectivity index (χ3v) is 18.2. The Morgan fingerprint density at radius 3 is 0.852 bits per heavy atom. The fourth-order valence-electron chi connectivity index (χ4n) is 11.8. The average molecular weight is 1180 g/mol. The van der Waals surface area contributed by atoms with Crippen molar-refractivity contribution in [3.63, 3.8) is 0 Å². The van der Waals surface area contributed by atoms with Gasteiger partial charge in [-0.05, 0) is 73.2 Å². The molecule has 4 aromatic rings. The first-order valence-electron chi connectivity index (χ1n) is 32.3. The number of fused-ring (bicyclic) bond motifs is 2. The van der Waals surface area contributed by atoms with Gasteiger partial charge in [0, 0.05) is 13.1 Å². The first-order chi connectivity index (χ1) is 39.0. The molecule has 13 heteroatoms. The van der Waals surface area contributed by atoms with E-state index in [1.54, 1.807) is 12.1 Å². The number of hydrogen-bond acceptors (Lipinski definition) is 10. The third-order valence-electron chi connectivity index (χ3n) is 16.6. The predicted molar refractivity (Wildman–Crippen MR) is 341 cm³/mol. The Labute approximate surface area is 524 Å². The first-order valence-corrected chi connectivity index (χ1v) is 35.1. The van der Waals surface area contributed by atoms with Crippen LogP contribution in [0.15, 0.2) is 107 Å². The van der Waals surface area contributed by atoms with Crippen LogP contribution < -0.4 is 20.4 Å². The molecule has 448 valence electrons. The smallest absolute Gasteiger partial charge is 0.744 e. The predicted octanol–water partition coefficient (Wildman–Crippen LogP) is 19.2. The van der Waals surface area contributed by atoms with Crippen molar-refractivity contribution >= 4 is 80.7 Å². The monoisotopic (exact) mass is 1180 g/mol. The Kier molecular flexibility index (Phi) is 36.7. The van der Waals surface area contributed by atoms with Gasteiger partial charge in [0.2, 0.25) is 0 Å². The molecule has 0 aromatic heterocycles.